The summed E-state index contributed by atoms with van der Waals surface area (Å²) in [7, 11) is 0. The van der Waals surface area contributed by atoms with Crippen LogP contribution in [0.3, 0.4) is 0 Å². The maximum absolute atomic E-state index is 13.6. The highest BCUT2D eigenvalue weighted by Gasteiger charge is 2.24. The number of nitrogens with one attached hydrogen (secondary N) is 1. The lowest BCUT2D eigenvalue weighted by molar-refractivity contribution is -0.132. The molecule has 1 aromatic carbocycles. The molecular formula is C23H24FN3O4S. The van der Waals surface area contributed by atoms with Crippen LogP contribution in [0.2, 0.25) is 0 Å². The van der Waals surface area contributed by atoms with Crippen molar-refractivity contribution in [3.05, 3.63) is 70.4 Å². The van der Waals surface area contributed by atoms with E-state index in [1.165, 1.54) is 29.7 Å². The third-order valence-electron chi connectivity index (χ3n) is 5.27. The van der Waals surface area contributed by atoms with E-state index in [4.69, 9.17) is 9.15 Å². The topological polar surface area (TPSA) is 84.7 Å². The Balaban J connectivity index is 1.42. The summed E-state index contributed by atoms with van der Waals surface area (Å²) in [4.78, 5) is 31.5. The Morgan fingerprint density at radius 2 is 2.22 bits per heavy atom. The van der Waals surface area contributed by atoms with Crippen molar-refractivity contribution in [1.82, 2.24) is 9.88 Å². The molecule has 1 unspecified atom stereocenters. The number of hydrogen-bond donors (Lipinski definition) is 1. The Kier molecular flexibility index (Phi) is 6.96. The number of aryl methyl sites for hydroxylation is 1. The summed E-state index contributed by atoms with van der Waals surface area (Å²) in [6, 6.07) is 7.85. The number of ether oxygens (including phenoxy) is 1. The van der Waals surface area contributed by atoms with E-state index in [0.717, 1.165) is 18.4 Å². The average Bonchev–Trinajstić information content (AvgIpc) is 3.51. The van der Waals surface area contributed by atoms with Gasteiger partial charge in [0.25, 0.3) is 5.91 Å². The van der Waals surface area contributed by atoms with E-state index in [1.807, 2.05) is 0 Å². The molecule has 2 amide bonds. The Bertz CT molecular complexity index is 1090. The zero-order valence-corrected chi connectivity index (χ0v) is 18.5. The fourth-order valence-corrected chi connectivity index (χ4v) is 4.35. The number of amides is 2. The lowest BCUT2D eigenvalue weighted by Gasteiger charge is -2.25. The molecule has 1 fully saturated rings. The molecule has 7 nitrogen and oxygen atoms in total. The number of aromatic nitrogens is 1. The van der Waals surface area contributed by atoms with Crippen molar-refractivity contribution < 1.29 is 23.1 Å². The van der Waals surface area contributed by atoms with E-state index >= 15 is 0 Å². The van der Waals surface area contributed by atoms with Crippen LogP contribution in [0.15, 0.2) is 46.4 Å². The zero-order chi connectivity index (χ0) is 22.5. The monoisotopic (exact) mass is 457 g/mol. The number of carbonyl (C=O) groups excluding carboxylic acids is 2. The molecule has 3 heterocycles. The molecule has 0 radical (unpaired) electrons. The van der Waals surface area contributed by atoms with Gasteiger partial charge in [0.15, 0.2) is 5.13 Å². The van der Waals surface area contributed by atoms with Crippen molar-refractivity contribution in [3.63, 3.8) is 0 Å². The minimum absolute atomic E-state index is 0.0176. The quantitative estimate of drug-likeness (QED) is 0.548. The second-order valence-corrected chi connectivity index (χ2v) is 8.56. The molecular weight excluding hydrogens is 433 g/mol. The number of nitrogens with zero attached hydrogens (tertiary/aromatic N) is 2. The van der Waals surface area contributed by atoms with Crippen LogP contribution in [-0.2, 0) is 22.5 Å². The molecule has 0 spiro atoms. The van der Waals surface area contributed by atoms with Crippen LogP contribution in [0.25, 0.3) is 0 Å². The highest BCUT2D eigenvalue weighted by molar-refractivity contribution is 7.14. The second-order valence-electron chi connectivity index (χ2n) is 7.70. The minimum atomic E-state index is -0.334. The second kappa shape index (κ2) is 10.1. The van der Waals surface area contributed by atoms with Crippen molar-refractivity contribution in [2.45, 2.75) is 38.8 Å². The maximum atomic E-state index is 13.6. The van der Waals surface area contributed by atoms with E-state index in [-0.39, 0.29) is 30.2 Å². The van der Waals surface area contributed by atoms with Crippen molar-refractivity contribution in [3.8, 4) is 0 Å². The highest BCUT2D eigenvalue weighted by atomic mass is 32.1. The van der Waals surface area contributed by atoms with Gasteiger partial charge in [0.05, 0.1) is 30.0 Å². The molecule has 1 atom stereocenters. The number of anilines is 1. The molecule has 1 aliphatic rings. The summed E-state index contributed by atoms with van der Waals surface area (Å²) in [6.07, 6.45) is 3.39. The van der Waals surface area contributed by atoms with Crippen LogP contribution in [0, 0.1) is 12.7 Å². The van der Waals surface area contributed by atoms with Gasteiger partial charge in [-0.2, -0.15) is 0 Å². The molecule has 3 aromatic rings. The van der Waals surface area contributed by atoms with E-state index in [2.05, 4.69) is 10.3 Å². The van der Waals surface area contributed by atoms with E-state index < -0.39 is 0 Å². The van der Waals surface area contributed by atoms with Crippen LogP contribution in [0.5, 0.6) is 0 Å². The first-order valence-electron chi connectivity index (χ1n) is 10.4. The van der Waals surface area contributed by atoms with Gasteiger partial charge in [-0.1, -0.05) is 12.1 Å². The first kappa shape index (κ1) is 22.2. The molecule has 1 saturated heterocycles. The standard InChI is InChI=1S/C23H24FN3O4S/c1-15-20(7-9-30-15)22(29)26-23-25-18(14-32-23)11-21(28)27(13-19-6-3-8-31-19)12-16-4-2-5-17(24)10-16/h2,4-5,7,9-10,14,19H,3,6,8,11-13H2,1H3,(H,25,26,29). The number of thiazole rings is 1. The molecule has 2 aromatic heterocycles. The van der Waals surface area contributed by atoms with Gasteiger partial charge < -0.3 is 14.1 Å². The number of benzene rings is 1. The van der Waals surface area contributed by atoms with Gasteiger partial charge in [-0.15, -0.1) is 11.3 Å². The smallest absolute Gasteiger partial charge is 0.260 e. The fourth-order valence-electron chi connectivity index (χ4n) is 3.64. The SMILES string of the molecule is Cc1occc1C(=O)Nc1nc(CC(=O)N(Cc2cccc(F)c2)CC2CCCO2)cs1. The van der Waals surface area contributed by atoms with E-state index in [1.54, 1.807) is 35.4 Å². The molecule has 168 valence electrons. The third kappa shape index (κ3) is 5.60. The van der Waals surface area contributed by atoms with Crippen LogP contribution < -0.4 is 5.32 Å². The molecule has 0 aliphatic carbocycles. The summed E-state index contributed by atoms with van der Waals surface area (Å²) in [5.74, 6) is -0.246. The normalized spacial score (nSPS) is 15.6. The number of halogens is 1. The fraction of sp³-hybridized carbons (Fsp3) is 0.348. The van der Waals surface area contributed by atoms with Crippen LogP contribution in [0.1, 0.15) is 40.2 Å². The first-order chi connectivity index (χ1) is 15.5. The van der Waals surface area contributed by atoms with Gasteiger partial charge in [0.1, 0.15) is 11.6 Å². The highest BCUT2D eigenvalue weighted by Crippen LogP contribution is 2.20. The summed E-state index contributed by atoms with van der Waals surface area (Å²) in [5, 5.41) is 4.90. The summed E-state index contributed by atoms with van der Waals surface area (Å²) < 4.78 is 24.5. The number of hydrogen-bond acceptors (Lipinski definition) is 6. The summed E-state index contributed by atoms with van der Waals surface area (Å²) in [5.41, 5.74) is 1.73. The van der Waals surface area contributed by atoms with Gasteiger partial charge in [0.2, 0.25) is 5.91 Å². The summed E-state index contributed by atoms with van der Waals surface area (Å²) >= 11 is 1.25. The molecule has 4 rings (SSSR count). The molecule has 1 N–H and O–H groups in total. The van der Waals surface area contributed by atoms with Crippen LogP contribution in [-0.4, -0.2) is 41.0 Å². The number of carbonyl (C=O) groups is 2. The molecule has 0 bridgehead atoms. The van der Waals surface area contributed by atoms with Crippen molar-refractivity contribution in [1.29, 1.82) is 0 Å². The number of rotatable bonds is 8. The van der Waals surface area contributed by atoms with Crippen LogP contribution in [0.4, 0.5) is 9.52 Å². The van der Waals surface area contributed by atoms with Crippen LogP contribution >= 0.6 is 11.3 Å². The van der Waals surface area contributed by atoms with Gasteiger partial charge >= 0.3 is 0 Å². The van der Waals surface area contributed by atoms with E-state index in [0.29, 0.717) is 41.8 Å². The van der Waals surface area contributed by atoms with Crippen molar-refractivity contribution in [2.24, 2.45) is 0 Å². The molecule has 1 aliphatic heterocycles. The van der Waals surface area contributed by atoms with Gasteiger partial charge in [-0.3, -0.25) is 14.9 Å². The minimum Gasteiger partial charge on any atom is -0.469 e. The van der Waals surface area contributed by atoms with Gasteiger partial charge in [0, 0.05) is 25.1 Å². The lowest BCUT2D eigenvalue weighted by Crippen LogP contribution is -2.38. The Morgan fingerprint density at radius 1 is 1.34 bits per heavy atom. The van der Waals surface area contributed by atoms with Crippen molar-refractivity contribution >= 4 is 28.3 Å². The first-order valence-corrected chi connectivity index (χ1v) is 11.3. The third-order valence-corrected chi connectivity index (χ3v) is 6.08. The molecule has 9 heteroatoms. The molecule has 0 saturated carbocycles. The average molecular weight is 458 g/mol. The zero-order valence-electron chi connectivity index (χ0n) is 17.7. The summed E-state index contributed by atoms with van der Waals surface area (Å²) in [6.45, 7) is 3.15. The predicted molar refractivity (Wildman–Crippen MR) is 118 cm³/mol. The van der Waals surface area contributed by atoms with Gasteiger partial charge in [-0.25, -0.2) is 9.37 Å². The Hall–Kier alpha value is -3.04. The maximum Gasteiger partial charge on any atom is 0.260 e. The largest absolute Gasteiger partial charge is 0.469 e. The Labute approximate surface area is 189 Å². The lowest BCUT2D eigenvalue weighted by atomic mass is 10.1. The molecule has 32 heavy (non-hydrogen) atoms. The van der Waals surface area contributed by atoms with E-state index in [9.17, 15) is 14.0 Å². The van der Waals surface area contributed by atoms with Gasteiger partial charge in [-0.05, 0) is 43.5 Å². The number of furan rings is 1. The predicted octanol–water partition coefficient (Wildman–Crippen LogP) is 4.19. The Morgan fingerprint density at radius 3 is 2.94 bits per heavy atom. The van der Waals surface area contributed by atoms with Crippen molar-refractivity contribution in [2.75, 3.05) is 18.5 Å².